The average Bonchev–Trinajstić information content (AvgIpc) is 2.45. The Morgan fingerprint density at radius 1 is 1.33 bits per heavy atom. The van der Waals surface area contributed by atoms with Crippen LogP contribution in [0.15, 0.2) is 6.07 Å². The maximum Gasteiger partial charge on any atom is 0.130 e. The minimum absolute atomic E-state index is 0.437. The van der Waals surface area contributed by atoms with Gasteiger partial charge in [0.2, 0.25) is 0 Å². The lowest BCUT2D eigenvalue weighted by Crippen LogP contribution is -2.32. The van der Waals surface area contributed by atoms with Gasteiger partial charge in [-0.05, 0) is 32.8 Å². The van der Waals surface area contributed by atoms with Crippen molar-refractivity contribution in [2.75, 3.05) is 0 Å². The van der Waals surface area contributed by atoms with Crippen LogP contribution in [-0.2, 0) is 6.54 Å². The van der Waals surface area contributed by atoms with Crippen LogP contribution in [0.4, 0.5) is 4.39 Å². The topological polar surface area (TPSA) is 17.8 Å². The summed E-state index contributed by atoms with van der Waals surface area (Å²) in [6.45, 7) is 4.38. The van der Waals surface area contributed by atoms with Crippen molar-refractivity contribution in [1.29, 1.82) is 0 Å². The summed E-state index contributed by atoms with van der Waals surface area (Å²) >= 11 is 0. The van der Waals surface area contributed by atoms with Crippen molar-refractivity contribution < 1.29 is 4.39 Å². The number of hydrogen-bond donors (Lipinski definition) is 0. The molecule has 1 aromatic rings. The highest BCUT2D eigenvalue weighted by Crippen LogP contribution is 2.33. The van der Waals surface area contributed by atoms with Gasteiger partial charge in [-0.25, -0.2) is 4.39 Å². The van der Waals surface area contributed by atoms with E-state index in [9.17, 15) is 4.39 Å². The van der Waals surface area contributed by atoms with Gasteiger partial charge < -0.3 is 0 Å². The first kappa shape index (κ1) is 10.7. The van der Waals surface area contributed by atoms with Crippen molar-refractivity contribution >= 4 is 0 Å². The van der Waals surface area contributed by atoms with Gasteiger partial charge in [0, 0.05) is 5.69 Å². The van der Waals surface area contributed by atoms with E-state index in [-0.39, 0.29) is 0 Å². The molecule has 1 aliphatic carbocycles. The second kappa shape index (κ2) is 3.95. The average molecular weight is 210 g/mol. The summed E-state index contributed by atoms with van der Waals surface area (Å²) in [4.78, 5) is 0. The summed E-state index contributed by atoms with van der Waals surface area (Å²) < 4.78 is 16.2. The molecule has 0 aliphatic heterocycles. The van der Waals surface area contributed by atoms with Crippen LogP contribution >= 0.6 is 0 Å². The summed E-state index contributed by atoms with van der Waals surface area (Å²) in [7, 11) is 0. The first-order valence-electron chi connectivity index (χ1n) is 5.79. The molecule has 2 rings (SSSR count). The summed E-state index contributed by atoms with van der Waals surface area (Å²) in [5, 5.41) is 4.33. The van der Waals surface area contributed by atoms with Crippen LogP contribution in [0.5, 0.6) is 0 Å². The first-order valence-corrected chi connectivity index (χ1v) is 5.79. The van der Waals surface area contributed by atoms with Crippen molar-refractivity contribution in [3.05, 3.63) is 17.5 Å². The molecule has 0 saturated heterocycles. The van der Waals surface area contributed by atoms with E-state index in [4.69, 9.17) is 0 Å². The molecule has 2 nitrogen and oxygen atoms in total. The van der Waals surface area contributed by atoms with Gasteiger partial charge in [0.15, 0.2) is 0 Å². The maximum absolute atomic E-state index is 14.4. The molecule has 0 atom stereocenters. The van der Waals surface area contributed by atoms with E-state index >= 15 is 0 Å². The molecular weight excluding hydrogens is 191 g/mol. The molecule has 0 radical (unpaired) electrons. The lowest BCUT2D eigenvalue weighted by atomic mass is 9.86. The van der Waals surface area contributed by atoms with Gasteiger partial charge in [-0.15, -0.1) is 0 Å². The molecule has 1 aromatic heterocycles. The Bertz CT molecular complexity index is 337. The smallest absolute Gasteiger partial charge is 0.130 e. The predicted octanol–water partition coefficient (Wildman–Crippen LogP) is 3.17. The molecule has 0 spiro atoms. The quantitative estimate of drug-likeness (QED) is 0.733. The molecule has 15 heavy (non-hydrogen) atoms. The highest BCUT2D eigenvalue weighted by Gasteiger charge is 2.32. The third-order valence-corrected chi connectivity index (χ3v) is 3.29. The minimum atomic E-state index is -1.01. The van der Waals surface area contributed by atoms with Crippen LogP contribution in [0, 0.1) is 13.8 Å². The molecule has 0 N–H and O–H groups in total. The number of rotatable bonds is 2. The van der Waals surface area contributed by atoms with Gasteiger partial charge in [-0.1, -0.05) is 19.3 Å². The molecule has 1 saturated carbocycles. The number of nitrogens with zero attached hydrogens (tertiary/aromatic N) is 2. The number of aromatic nitrogens is 2. The number of halogens is 1. The maximum atomic E-state index is 14.4. The summed E-state index contributed by atoms with van der Waals surface area (Å²) in [6.07, 6.45) is 4.63. The normalized spacial score (nSPS) is 20.5. The third kappa shape index (κ3) is 2.39. The minimum Gasteiger partial charge on any atom is -0.266 e. The molecule has 3 heteroatoms. The van der Waals surface area contributed by atoms with E-state index in [2.05, 4.69) is 5.10 Å². The van der Waals surface area contributed by atoms with Crippen molar-refractivity contribution in [2.45, 2.75) is 58.2 Å². The van der Waals surface area contributed by atoms with Gasteiger partial charge in [0.1, 0.15) is 5.67 Å². The van der Waals surface area contributed by atoms with Gasteiger partial charge in [0.25, 0.3) is 0 Å². The molecule has 0 unspecified atom stereocenters. The van der Waals surface area contributed by atoms with Crippen molar-refractivity contribution in [3.63, 3.8) is 0 Å². The number of alkyl halides is 1. The third-order valence-electron chi connectivity index (χ3n) is 3.29. The lowest BCUT2D eigenvalue weighted by Gasteiger charge is -2.29. The highest BCUT2D eigenvalue weighted by molar-refractivity contribution is 5.07. The fourth-order valence-electron chi connectivity index (χ4n) is 2.45. The Morgan fingerprint density at radius 2 is 2.00 bits per heavy atom. The van der Waals surface area contributed by atoms with Crippen LogP contribution in [0.2, 0.25) is 0 Å². The van der Waals surface area contributed by atoms with E-state index < -0.39 is 5.67 Å². The number of hydrogen-bond acceptors (Lipinski definition) is 1. The van der Waals surface area contributed by atoms with E-state index in [0.717, 1.165) is 24.2 Å². The Morgan fingerprint density at radius 3 is 2.53 bits per heavy atom. The molecule has 0 bridgehead atoms. The fourth-order valence-corrected chi connectivity index (χ4v) is 2.45. The second-order valence-electron chi connectivity index (χ2n) is 4.80. The Hall–Kier alpha value is -0.860. The van der Waals surface area contributed by atoms with E-state index in [1.807, 2.05) is 24.6 Å². The van der Waals surface area contributed by atoms with Gasteiger partial charge in [0.05, 0.1) is 12.2 Å². The largest absolute Gasteiger partial charge is 0.266 e. The predicted molar refractivity (Wildman–Crippen MR) is 58.6 cm³/mol. The molecule has 84 valence electrons. The molecule has 0 amide bonds. The fraction of sp³-hybridized carbons (Fsp3) is 0.750. The van der Waals surface area contributed by atoms with E-state index in [1.54, 1.807) is 0 Å². The summed E-state index contributed by atoms with van der Waals surface area (Å²) in [5.41, 5.74) is 1.03. The Balaban J connectivity index is 2.09. The molecule has 1 heterocycles. The Kier molecular flexibility index (Phi) is 2.81. The lowest BCUT2D eigenvalue weighted by molar-refractivity contribution is 0.0806. The zero-order valence-corrected chi connectivity index (χ0v) is 9.59. The zero-order valence-electron chi connectivity index (χ0n) is 9.59. The van der Waals surface area contributed by atoms with Crippen LogP contribution in [0.25, 0.3) is 0 Å². The monoisotopic (exact) mass is 210 g/mol. The SMILES string of the molecule is Cc1cc(C)n(CC2(F)CCCCC2)n1. The molecule has 1 aliphatic rings. The van der Waals surface area contributed by atoms with Gasteiger partial charge >= 0.3 is 0 Å². The highest BCUT2D eigenvalue weighted by atomic mass is 19.1. The zero-order chi connectivity index (χ0) is 10.9. The van der Waals surface area contributed by atoms with Crippen LogP contribution in [0.1, 0.15) is 43.5 Å². The summed E-state index contributed by atoms with van der Waals surface area (Å²) in [5.74, 6) is 0. The van der Waals surface area contributed by atoms with Gasteiger partial charge in [-0.2, -0.15) is 5.10 Å². The van der Waals surface area contributed by atoms with Crippen LogP contribution in [0.3, 0.4) is 0 Å². The van der Waals surface area contributed by atoms with E-state index in [0.29, 0.717) is 19.4 Å². The van der Waals surface area contributed by atoms with Crippen molar-refractivity contribution in [3.8, 4) is 0 Å². The first-order chi connectivity index (χ1) is 7.09. The van der Waals surface area contributed by atoms with Crippen LogP contribution in [-0.4, -0.2) is 15.4 Å². The molecule has 0 aromatic carbocycles. The second-order valence-corrected chi connectivity index (χ2v) is 4.80. The van der Waals surface area contributed by atoms with Crippen molar-refractivity contribution in [2.24, 2.45) is 0 Å². The molecule has 1 fully saturated rings. The Labute approximate surface area is 90.5 Å². The molecular formula is C12H19FN2. The number of aryl methyl sites for hydroxylation is 2. The van der Waals surface area contributed by atoms with E-state index in [1.165, 1.54) is 6.42 Å². The van der Waals surface area contributed by atoms with Crippen LogP contribution < -0.4 is 0 Å². The van der Waals surface area contributed by atoms with Crippen molar-refractivity contribution in [1.82, 2.24) is 9.78 Å². The van der Waals surface area contributed by atoms with Gasteiger partial charge in [-0.3, -0.25) is 4.68 Å². The summed E-state index contributed by atoms with van der Waals surface area (Å²) in [6, 6.07) is 2.01. The standard InChI is InChI=1S/C12H19FN2/c1-10-8-11(2)15(14-10)9-12(13)6-4-3-5-7-12/h8H,3-7,9H2,1-2H3.